The van der Waals surface area contributed by atoms with Crippen molar-refractivity contribution in [2.45, 2.75) is 36.9 Å². The Kier molecular flexibility index (Phi) is 7.37. The Bertz CT molecular complexity index is 1060. The molecule has 1 saturated heterocycles. The molecule has 9 heteroatoms. The molecule has 0 spiro atoms. The molecular weight excluding hydrogens is 450 g/mol. The lowest BCUT2D eigenvalue weighted by Crippen LogP contribution is -2.49. The highest BCUT2D eigenvalue weighted by molar-refractivity contribution is 5.86. The average Bonchev–Trinajstić information content (AvgIpc) is 3.38. The van der Waals surface area contributed by atoms with Crippen LogP contribution in [0, 0.1) is 0 Å². The van der Waals surface area contributed by atoms with E-state index in [9.17, 15) is 19.5 Å². The zero-order chi connectivity index (χ0) is 25.1. The van der Waals surface area contributed by atoms with Gasteiger partial charge in [-0.25, -0.2) is 4.79 Å². The van der Waals surface area contributed by atoms with Crippen LogP contribution in [0.5, 0.6) is 0 Å². The van der Waals surface area contributed by atoms with Crippen LogP contribution >= 0.6 is 0 Å². The summed E-state index contributed by atoms with van der Waals surface area (Å²) >= 11 is 0. The molecule has 186 valence electrons. The standard InChI is InChI=1S/C26H31N3O6/c1-28(2)22-13-29(14-23(22)30)25(33)21(11-12-24(31)32)27-26(34)35-15-20-18-9-5-3-7-16(18)17-8-4-6-10-19(17)20/h3-10,20-23,30H,11-15H2,1-2H3,(H,27,34)(H,31,32). The molecule has 3 N–H and O–H groups in total. The number of hydrogen-bond donors (Lipinski definition) is 3. The summed E-state index contributed by atoms with van der Waals surface area (Å²) in [4.78, 5) is 40.3. The maximum atomic E-state index is 13.1. The van der Waals surface area contributed by atoms with E-state index in [0.717, 1.165) is 22.3 Å². The Morgan fingerprint density at radius 2 is 1.66 bits per heavy atom. The van der Waals surface area contributed by atoms with E-state index in [2.05, 4.69) is 5.32 Å². The van der Waals surface area contributed by atoms with Crippen LogP contribution in [0.4, 0.5) is 4.79 Å². The van der Waals surface area contributed by atoms with E-state index < -0.39 is 30.1 Å². The molecule has 2 amide bonds. The number of carboxylic acids is 1. The Morgan fingerprint density at radius 3 is 2.20 bits per heavy atom. The first kappa shape index (κ1) is 24.7. The van der Waals surface area contributed by atoms with Crippen LogP contribution in [0.25, 0.3) is 11.1 Å². The monoisotopic (exact) mass is 481 g/mol. The van der Waals surface area contributed by atoms with Crippen molar-refractivity contribution in [2.75, 3.05) is 33.8 Å². The number of carbonyl (C=O) groups excluding carboxylic acids is 2. The van der Waals surface area contributed by atoms with Gasteiger partial charge in [-0.05, 0) is 42.8 Å². The summed E-state index contributed by atoms with van der Waals surface area (Å²) in [5.74, 6) is -1.62. The molecule has 0 radical (unpaired) electrons. The number of aliphatic hydroxyl groups is 1. The number of amides is 2. The van der Waals surface area contributed by atoms with E-state index in [1.807, 2.05) is 67.5 Å². The summed E-state index contributed by atoms with van der Waals surface area (Å²) in [5, 5.41) is 22.0. The number of ether oxygens (including phenoxy) is 1. The second-order valence-corrected chi connectivity index (χ2v) is 9.30. The quantitative estimate of drug-likeness (QED) is 0.527. The molecule has 0 saturated carbocycles. The smallest absolute Gasteiger partial charge is 0.407 e. The SMILES string of the molecule is CN(C)C1CN(C(=O)C(CCC(=O)O)NC(=O)OCC2c3ccccc3-c3ccccc32)CC1O. The molecular formula is C26H31N3O6. The minimum atomic E-state index is -1.07. The number of aliphatic hydroxyl groups excluding tert-OH is 1. The highest BCUT2D eigenvalue weighted by atomic mass is 16.5. The number of likely N-dealkylation sites (N-methyl/N-ethyl adjacent to an activating group) is 1. The molecule has 9 nitrogen and oxygen atoms in total. The number of benzene rings is 2. The van der Waals surface area contributed by atoms with E-state index in [4.69, 9.17) is 9.84 Å². The molecule has 3 unspecified atom stereocenters. The molecule has 4 rings (SSSR count). The van der Waals surface area contributed by atoms with Gasteiger partial charge in [0.15, 0.2) is 0 Å². The second-order valence-electron chi connectivity index (χ2n) is 9.30. The van der Waals surface area contributed by atoms with Gasteiger partial charge in [0.05, 0.1) is 12.1 Å². The molecule has 0 bridgehead atoms. The summed E-state index contributed by atoms with van der Waals surface area (Å²) < 4.78 is 5.54. The molecule has 1 aliphatic carbocycles. The maximum Gasteiger partial charge on any atom is 0.407 e. The van der Waals surface area contributed by atoms with Crippen molar-refractivity contribution in [3.8, 4) is 11.1 Å². The third kappa shape index (κ3) is 5.31. The molecule has 2 aliphatic rings. The number of aliphatic carboxylic acids is 1. The Labute approximate surface area is 204 Å². The number of alkyl carbamates (subject to hydrolysis) is 1. The third-order valence-electron chi connectivity index (χ3n) is 6.81. The number of fused-ring (bicyclic) bond motifs is 3. The lowest BCUT2D eigenvalue weighted by Gasteiger charge is -2.25. The Balaban J connectivity index is 1.42. The molecule has 1 aliphatic heterocycles. The van der Waals surface area contributed by atoms with Crippen LogP contribution in [-0.2, 0) is 14.3 Å². The van der Waals surface area contributed by atoms with Gasteiger partial charge in [0.2, 0.25) is 5.91 Å². The van der Waals surface area contributed by atoms with Gasteiger partial charge in [0, 0.05) is 25.4 Å². The van der Waals surface area contributed by atoms with Gasteiger partial charge in [0.1, 0.15) is 12.6 Å². The summed E-state index contributed by atoms with van der Waals surface area (Å²) in [7, 11) is 3.64. The van der Waals surface area contributed by atoms with Crippen LogP contribution < -0.4 is 5.32 Å². The van der Waals surface area contributed by atoms with Crippen LogP contribution in [0.1, 0.15) is 29.9 Å². The number of likely N-dealkylation sites (tertiary alicyclic amines) is 1. The van der Waals surface area contributed by atoms with Crippen molar-refractivity contribution in [1.82, 2.24) is 15.1 Å². The summed E-state index contributed by atoms with van der Waals surface area (Å²) in [6.07, 6.45) is -1.85. The molecule has 3 atom stereocenters. The fraction of sp³-hybridized carbons (Fsp3) is 0.423. The number of hydrogen-bond acceptors (Lipinski definition) is 6. The Morgan fingerprint density at radius 1 is 1.06 bits per heavy atom. The molecule has 1 fully saturated rings. The molecule has 2 aromatic rings. The van der Waals surface area contributed by atoms with Crippen LogP contribution in [0.2, 0.25) is 0 Å². The zero-order valence-electron chi connectivity index (χ0n) is 19.9. The normalized spacial score (nSPS) is 19.8. The first-order valence-corrected chi connectivity index (χ1v) is 11.7. The summed E-state index contributed by atoms with van der Waals surface area (Å²) in [5.41, 5.74) is 4.35. The molecule has 1 heterocycles. The van der Waals surface area contributed by atoms with Gasteiger partial charge in [-0.15, -0.1) is 0 Å². The zero-order valence-corrected chi connectivity index (χ0v) is 19.9. The first-order valence-electron chi connectivity index (χ1n) is 11.7. The number of carbonyl (C=O) groups is 3. The van der Waals surface area contributed by atoms with Gasteiger partial charge in [-0.1, -0.05) is 48.5 Å². The van der Waals surface area contributed by atoms with Crippen molar-refractivity contribution in [3.63, 3.8) is 0 Å². The minimum absolute atomic E-state index is 0.0718. The van der Waals surface area contributed by atoms with E-state index in [1.54, 1.807) is 0 Å². The fourth-order valence-electron chi connectivity index (χ4n) is 4.98. The second kappa shape index (κ2) is 10.5. The molecule has 35 heavy (non-hydrogen) atoms. The first-order chi connectivity index (χ1) is 16.8. The van der Waals surface area contributed by atoms with E-state index in [0.29, 0.717) is 6.54 Å². The predicted octanol–water partition coefficient (Wildman–Crippen LogP) is 1.89. The highest BCUT2D eigenvalue weighted by Crippen LogP contribution is 2.44. The highest BCUT2D eigenvalue weighted by Gasteiger charge is 2.38. The molecule has 0 aromatic heterocycles. The maximum absolute atomic E-state index is 13.1. The molecule has 2 aromatic carbocycles. The summed E-state index contributed by atoms with van der Waals surface area (Å²) in [6, 6.07) is 14.7. The van der Waals surface area contributed by atoms with Gasteiger partial charge < -0.3 is 30.1 Å². The van der Waals surface area contributed by atoms with Crippen molar-refractivity contribution < 1.29 is 29.3 Å². The third-order valence-corrected chi connectivity index (χ3v) is 6.81. The van der Waals surface area contributed by atoms with Gasteiger partial charge in [-0.2, -0.15) is 0 Å². The number of carboxylic acid groups (broad SMARTS) is 1. The lowest BCUT2D eigenvalue weighted by atomic mass is 9.98. The van der Waals surface area contributed by atoms with Crippen molar-refractivity contribution in [2.24, 2.45) is 0 Å². The minimum Gasteiger partial charge on any atom is -0.481 e. The summed E-state index contributed by atoms with van der Waals surface area (Å²) in [6.45, 7) is 0.505. The largest absolute Gasteiger partial charge is 0.481 e. The lowest BCUT2D eigenvalue weighted by molar-refractivity contribution is -0.138. The topological polar surface area (TPSA) is 119 Å². The van der Waals surface area contributed by atoms with Crippen LogP contribution in [0.3, 0.4) is 0 Å². The van der Waals surface area contributed by atoms with E-state index in [1.165, 1.54) is 4.90 Å². The van der Waals surface area contributed by atoms with Gasteiger partial charge in [-0.3, -0.25) is 9.59 Å². The van der Waals surface area contributed by atoms with E-state index >= 15 is 0 Å². The average molecular weight is 482 g/mol. The van der Waals surface area contributed by atoms with Crippen molar-refractivity contribution >= 4 is 18.0 Å². The number of nitrogens with zero attached hydrogens (tertiary/aromatic N) is 2. The number of nitrogens with one attached hydrogen (secondary N) is 1. The van der Waals surface area contributed by atoms with Gasteiger partial charge >= 0.3 is 12.1 Å². The fourth-order valence-corrected chi connectivity index (χ4v) is 4.98. The number of rotatable bonds is 8. The van der Waals surface area contributed by atoms with Crippen LogP contribution in [0.15, 0.2) is 48.5 Å². The van der Waals surface area contributed by atoms with Crippen molar-refractivity contribution in [1.29, 1.82) is 0 Å². The number of β-amino-alcohol motifs (C(OH)–C–C–N with tert-alkyl or cyclic N) is 1. The Hall–Kier alpha value is -3.43. The van der Waals surface area contributed by atoms with Crippen LogP contribution in [-0.4, -0.2) is 90.0 Å². The predicted molar refractivity (Wildman–Crippen MR) is 129 cm³/mol. The van der Waals surface area contributed by atoms with Gasteiger partial charge in [0.25, 0.3) is 0 Å². The van der Waals surface area contributed by atoms with E-state index in [-0.39, 0.29) is 38.0 Å². The van der Waals surface area contributed by atoms with Crippen molar-refractivity contribution in [3.05, 3.63) is 59.7 Å².